The second kappa shape index (κ2) is 6.84. The van der Waals surface area contributed by atoms with E-state index < -0.39 is 0 Å². The minimum atomic E-state index is 0.00803. The molecular formula is C16H20ClN3. The lowest BCUT2D eigenvalue weighted by Crippen LogP contribution is -2.30. The van der Waals surface area contributed by atoms with Crippen LogP contribution in [-0.2, 0) is 12.8 Å². The molecule has 0 fully saturated rings. The Hall–Kier alpha value is -1.42. The number of nitrogens with two attached hydrogens (primary N) is 1. The lowest BCUT2D eigenvalue weighted by Gasteiger charge is -2.19. The van der Waals surface area contributed by atoms with Crippen LogP contribution in [0.25, 0.3) is 0 Å². The molecule has 0 aliphatic rings. The van der Waals surface area contributed by atoms with Crippen LogP contribution in [-0.4, -0.2) is 4.98 Å². The fraction of sp³-hybridized carbons (Fsp3) is 0.312. The van der Waals surface area contributed by atoms with Gasteiger partial charge in [0.1, 0.15) is 0 Å². The molecule has 4 heteroatoms. The molecule has 0 bridgehead atoms. The number of hydrazine groups is 1. The second-order valence-electron chi connectivity index (χ2n) is 4.89. The minimum Gasteiger partial charge on any atom is -0.271 e. The highest BCUT2D eigenvalue weighted by molar-refractivity contribution is 6.31. The Bertz CT molecular complexity index is 566. The van der Waals surface area contributed by atoms with Crippen molar-refractivity contribution in [3.05, 3.63) is 63.9 Å². The first-order valence-electron chi connectivity index (χ1n) is 6.80. The summed E-state index contributed by atoms with van der Waals surface area (Å²) in [6.07, 6.45) is 3.66. The Balaban J connectivity index is 2.21. The fourth-order valence-corrected chi connectivity index (χ4v) is 2.44. The summed E-state index contributed by atoms with van der Waals surface area (Å²) in [4.78, 5) is 4.49. The van der Waals surface area contributed by atoms with Crippen molar-refractivity contribution in [3.63, 3.8) is 0 Å². The summed E-state index contributed by atoms with van der Waals surface area (Å²) in [5.74, 6) is 5.71. The van der Waals surface area contributed by atoms with Gasteiger partial charge in [-0.3, -0.25) is 16.3 Å². The molecule has 2 aromatic rings. The third-order valence-corrected chi connectivity index (χ3v) is 4.00. The average Bonchev–Trinajstić information content (AvgIpc) is 2.48. The maximum absolute atomic E-state index is 6.17. The first-order chi connectivity index (χ1) is 9.65. The number of aromatic nitrogens is 1. The SMILES string of the molecule is CCc1ccc(CC(NN)c2cccc(Cl)c2C)nc1. The third-order valence-electron chi connectivity index (χ3n) is 3.59. The van der Waals surface area contributed by atoms with Gasteiger partial charge in [-0.15, -0.1) is 0 Å². The van der Waals surface area contributed by atoms with Gasteiger partial charge in [0.25, 0.3) is 0 Å². The van der Waals surface area contributed by atoms with E-state index in [1.165, 1.54) is 5.56 Å². The fourth-order valence-electron chi connectivity index (χ4n) is 2.25. The first-order valence-corrected chi connectivity index (χ1v) is 7.18. The smallest absolute Gasteiger partial charge is 0.0518 e. The zero-order valence-corrected chi connectivity index (χ0v) is 12.6. The number of pyridine rings is 1. The molecule has 106 valence electrons. The molecule has 0 aliphatic carbocycles. The lowest BCUT2D eigenvalue weighted by atomic mass is 9.97. The number of nitrogens with zero attached hydrogens (tertiary/aromatic N) is 1. The number of hydrogen-bond acceptors (Lipinski definition) is 3. The van der Waals surface area contributed by atoms with Gasteiger partial charge in [0, 0.05) is 23.3 Å². The highest BCUT2D eigenvalue weighted by Gasteiger charge is 2.15. The molecule has 3 N–H and O–H groups in total. The monoisotopic (exact) mass is 289 g/mol. The summed E-state index contributed by atoms with van der Waals surface area (Å²) >= 11 is 6.17. The van der Waals surface area contributed by atoms with Crippen LogP contribution in [0.4, 0.5) is 0 Å². The van der Waals surface area contributed by atoms with E-state index in [4.69, 9.17) is 17.4 Å². The van der Waals surface area contributed by atoms with Crippen molar-refractivity contribution in [1.82, 2.24) is 10.4 Å². The molecule has 2 rings (SSSR count). The molecule has 20 heavy (non-hydrogen) atoms. The van der Waals surface area contributed by atoms with Gasteiger partial charge >= 0.3 is 0 Å². The summed E-state index contributed by atoms with van der Waals surface area (Å²) in [6, 6.07) is 10.1. The van der Waals surface area contributed by atoms with Gasteiger partial charge < -0.3 is 0 Å². The van der Waals surface area contributed by atoms with Crippen LogP contribution in [0.1, 0.15) is 35.3 Å². The normalized spacial score (nSPS) is 12.4. The van der Waals surface area contributed by atoms with Crippen molar-refractivity contribution in [3.8, 4) is 0 Å². The van der Waals surface area contributed by atoms with Crippen LogP contribution >= 0.6 is 11.6 Å². The molecule has 1 atom stereocenters. The number of nitrogens with one attached hydrogen (secondary N) is 1. The molecule has 0 aliphatic heterocycles. The number of halogens is 1. The third kappa shape index (κ3) is 3.37. The van der Waals surface area contributed by atoms with Crippen molar-refractivity contribution >= 4 is 11.6 Å². The Morgan fingerprint density at radius 2 is 2.10 bits per heavy atom. The predicted octanol–water partition coefficient (Wildman–Crippen LogP) is 3.35. The maximum atomic E-state index is 6.17. The Kier molecular flexibility index (Phi) is 5.12. The van der Waals surface area contributed by atoms with Crippen LogP contribution in [0.2, 0.25) is 5.02 Å². The van der Waals surface area contributed by atoms with E-state index in [0.717, 1.165) is 34.7 Å². The molecule has 0 spiro atoms. The summed E-state index contributed by atoms with van der Waals surface area (Å²) in [6.45, 7) is 4.13. The topological polar surface area (TPSA) is 50.9 Å². The van der Waals surface area contributed by atoms with Gasteiger partial charge in [0.05, 0.1) is 6.04 Å². The molecule has 1 aromatic heterocycles. The van der Waals surface area contributed by atoms with E-state index in [9.17, 15) is 0 Å². The molecule has 1 unspecified atom stereocenters. The lowest BCUT2D eigenvalue weighted by molar-refractivity contribution is 0.543. The van der Waals surface area contributed by atoms with Crippen molar-refractivity contribution in [2.45, 2.75) is 32.7 Å². The number of aryl methyl sites for hydroxylation is 1. The van der Waals surface area contributed by atoms with Crippen molar-refractivity contribution in [2.75, 3.05) is 0 Å². The predicted molar refractivity (Wildman–Crippen MR) is 83.6 cm³/mol. The van der Waals surface area contributed by atoms with Gasteiger partial charge in [-0.25, -0.2) is 0 Å². The number of rotatable bonds is 5. The molecule has 0 saturated heterocycles. The number of benzene rings is 1. The molecular weight excluding hydrogens is 270 g/mol. The van der Waals surface area contributed by atoms with Crippen molar-refractivity contribution in [1.29, 1.82) is 0 Å². The summed E-state index contributed by atoms with van der Waals surface area (Å²) in [5, 5.41) is 0.761. The Morgan fingerprint density at radius 3 is 2.70 bits per heavy atom. The number of hydrogen-bond donors (Lipinski definition) is 2. The average molecular weight is 290 g/mol. The Labute approximate surface area is 125 Å². The minimum absolute atomic E-state index is 0.00803. The summed E-state index contributed by atoms with van der Waals surface area (Å²) < 4.78 is 0. The van der Waals surface area contributed by atoms with Crippen molar-refractivity contribution in [2.24, 2.45) is 5.84 Å². The van der Waals surface area contributed by atoms with Crippen LogP contribution in [0.3, 0.4) is 0 Å². The molecule has 0 amide bonds. The van der Waals surface area contributed by atoms with E-state index in [2.05, 4.69) is 29.5 Å². The van der Waals surface area contributed by atoms with Crippen LogP contribution < -0.4 is 11.3 Å². The zero-order valence-electron chi connectivity index (χ0n) is 11.9. The van der Waals surface area contributed by atoms with E-state index in [1.54, 1.807) is 0 Å². The largest absolute Gasteiger partial charge is 0.271 e. The van der Waals surface area contributed by atoms with E-state index in [-0.39, 0.29) is 6.04 Å². The molecule has 1 heterocycles. The van der Waals surface area contributed by atoms with Crippen molar-refractivity contribution < 1.29 is 0 Å². The second-order valence-corrected chi connectivity index (χ2v) is 5.30. The first kappa shape index (κ1) is 15.0. The Morgan fingerprint density at radius 1 is 1.30 bits per heavy atom. The van der Waals surface area contributed by atoms with Crippen LogP contribution in [0.5, 0.6) is 0 Å². The molecule has 1 aromatic carbocycles. The van der Waals surface area contributed by atoms with Crippen LogP contribution in [0, 0.1) is 6.92 Å². The summed E-state index contributed by atoms with van der Waals surface area (Å²) in [5.41, 5.74) is 7.29. The summed E-state index contributed by atoms with van der Waals surface area (Å²) in [7, 11) is 0. The van der Waals surface area contributed by atoms with E-state index in [0.29, 0.717) is 0 Å². The van der Waals surface area contributed by atoms with Gasteiger partial charge in [-0.1, -0.05) is 36.7 Å². The standard InChI is InChI=1S/C16H20ClN3/c1-3-12-7-8-13(19-10-12)9-16(20-18)14-5-4-6-15(17)11(14)2/h4-8,10,16,20H,3,9,18H2,1-2H3. The quantitative estimate of drug-likeness (QED) is 0.655. The molecule has 0 saturated carbocycles. The highest BCUT2D eigenvalue weighted by Crippen LogP contribution is 2.25. The van der Waals surface area contributed by atoms with E-state index >= 15 is 0 Å². The van der Waals surface area contributed by atoms with Gasteiger partial charge in [-0.05, 0) is 42.2 Å². The maximum Gasteiger partial charge on any atom is 0.0518 e. The zero-order chi connectivity index (χ0) is 14.5. The van der Waals surface area contributed by atoms with Gasteiger partial charge in [0.15, 0.2) is 0 Å². The molecule has 0 radical (unpaired) electrons. The molecule has 3 nitrogen and oxygen atoms in total. The highest BCUT2D eigenvalue weighted by atomic mass is 35.5. The van der Waals surface area contributed by atoms with Crippen LogP contribution in [0.15, 0.2) is 36.5 Å². The van der Waals surface area contributed by atoms with Gasteiger partial charge in [-0.2, -0.15) is 0 Å². The van der Waals surface area contributed by atoms with E-state index in [1.807, 2.05) is 31.3 Å². The van der Waals surface area contributed by atoms with Gasteiger partial charge in [0.2, 0.25) is 0 Å².